The Kier molecular flexibility index (Phi) is 5.95. The summed E-state index contributed by atoms with van der Waals surface area (Å²) in [6.07, 6.45) is 0.899. The Hall–Kier alpha value is -1.19. The number of halogens is 2. The molecule has 0 aliphatic rings. The summed E-state index contributed by atoms with van der Waals surface area (Å²) in [7, 11) is 0. The Balaban J connectivity index is 2.17. The Morgan fingerprint density at radius 2 is 1.81 bits per heavy atom. The van der Waals surface area contributed by atoms with E-state index in [9.17, 15) is 4.39 Å². The van der Waals surface area contributed by atoms with Gasteiger partial charge in [0.2, 0.25) is 0 Å². The molecule has 0 aliphatic heterocycles. The van der Waals surface area contributed by atoms with E-state index in [1.165, 1.54) is 11.6 Å². The summed E-state index contributed by atoms with van der Waals surface area (Å²) in [5, 5.41) is 3.46. The van der Waals surface area contributed by atoms with Crippen molar-refractivity contribution in [3.05, 3.63) is 69.9 Å². The molecule has 0 spiro atoms. The zero-order chi connectivity index (χ0) is 15.2. The fourth-order valence-electron chi connectivity index (χ4n) is 2.35. The molecule has 21 heavy (non-hydrogen) atoms. The maximum Gasteiger partial charge on any atom is 0.123 e. The second kappa shape index (κ2) is 7.71. The fraction of sp³-hybridized carbons (Fsp3) is 0.333. The van der Waals surface area contributed by atoms with Crippen molar-refractivity contribution in [3.8, 4) is 0 Å². The summed E-state index contributed by atoms with van der Waals surface area (Å²) in [4.78, 5) is 0. The zero-order valence-electron chi connectivity index (χ0n) is 12.4. The first-order valence-corrected chi connectivity index (χ1v) is 8.07. The van der Waals surface area contributed by atoms with Crippen molar-refractivity contribution in [2.45, 2.75) is 32.2 Å². The highest BCUT2D eigenvalue weighted by molar-refractivity contribution is 9.10. The molecule has 0 saturated carbocycles. The Morgan fingerprint density at radius 3 is 2.43 bits per heavy atom. The van der Waals surface area contributed by atoms with E-state index in [1.807, 2.05) is 18.2 Å². The van der Waals surface area contributed by atoms with Crippen LogP contribution in [-0.4, -0.2) is 12.6 Å². The topological polar surface area (TPSA) is 12.0 Å². The van der Waals surface area contributed by atoms with Gasteiger partial charge in [-0.3, -0.25) is 0 Å². The number of rotatable bonds is 6. The van der Waals surface area contributed by atoms with Gasteiger partial charge in [0, 0.05) is 23.0 Å². The van der Waals surface area contributed by atoms with E-state index in [0.717, 1.165) is 23.0 Å². The third-order valence-corrected chi connectivity index (χ3v) is 4.02. The lowest BCUT2D eigenvalue weighted by Crippen LogP contribution is -2.29. The molecule has 2 aromatic carbocycles. The van der Waals surface area contributed by atoms with Crippen molar-refractivity contribution in [1.82, 2.24) is 5.32 Å². The third kappa shape index (κ3) is 5.25. The maximum absolute atomic E-state index is 13.5. The van der Waals surface area contributed by atoms with Gasteiger partial charge in [0.05, 0.1) is 0 Å². The molecule has 1 unspecified atom stereocenters. The van der Waals surface area contributed by atoms with Crippen LogP contribution in [0.4, 0.5) is 4.39 Å². The highest BCUT2D eigenvalue weighted by Crippen LogP contribution is 2.22. The summed E-state index contributed by atoms with van der Waals surface area (Å²) in [5.41, 5.74) is 2.31. The van der Waals surface area contributed by atoms with Crippen LogP contribution in [0, 0.1) is 5.82 Å². The van der Waals surface area contributed by atoms with Crippen molar-refractivity contribution in [3.63, 3.8) is 0 Å². The summed E-state index contributed by atoms with van der Waals surface area (Å²) in [6, 6.07) is 15.7. The van der Waals surface area contributed by atoms with Crippen molar-refractivity contribution >= 4 is 15.9 Å². The monoisotopic (exact) mass is 349 g/mol. The fourth-order valence-corrected chi connectivity index (χ4v) is 2.62. The van der Waals surface area contributed by atoms with E-state index in [4.69, 9.17) is 0 Å². The van der Waals surface area contributed by atoms with Crippen LogP contribution in [-0.2, 0) is 6.42 Å². The SMILES string of the molecule is CC(C)NCC(Cc1ccc(Br)cc1)c1cccc(F)c1. The predicted molar refractivity (Wildman–Crippen MR) is 90.1 cm³/mol. The zero-order valence-corrected chi connectivity index (χ0v) is 14.0. The number of hydrogen-bond acceptors (Lipinski definition) is 1. The standard InChI is InChI=1S/C18H21BrFN/c1-13(2)21-12-16(15-4-3-5-18(20)11-15)10-14-6-8-17(19)9-7-14/h3-9,11,13,16,21H,10,12H2,1-2H3. The Bertz CT molecular complexity index is 566. The van der Waals surface area contributed by atoms with Gasteiger partial charge < -0.3 is 5.32 Å². The van der Waals surface area contributed by atoms with Gasteiger partial charge in [0.15, 0.2) is 0 Å². The molecule has 0 bridgehead atoms. The van der Waals surface area contributed by atoms with Gasteiger partial charge >= 0.3 is 0 Å². The highest BCUT2D eigenvalue weighted by Gasteiger charge is 2.13. The van der Waals surface area contributed by atoms with Crippen molar-refractivity contribution in [1.29, 1.82) is 0 Å². The molecular weight excluding hydrogens is 329 g/mol. The van der Waals surface area contributed by atoms with E-state index in [-0.39, 0.29) is 11.7 Å². The number of benzene rings is 2. The molecular formula is C18H21BrFN. The molecule has 0 radical (unpaired) electrons. The quantitative estimate of drug-likeness (QED) is 0.780. The number of nitrogens with one attached hydrogen (secondary N) is 1. The molecule has 1 N–H and O–H groups in total. The van der Waals surface area contributed by atoms with Crippen molar-refractivity contribution in [2.24, 2.45) is 0 Å². The van der Waals surface area contributed by atoms with Crippen LogP contribution in [0.25, 0.3) is 0 Å². The average Bonchev–Trinajstić information content (AvgIpc) is 2.45. The maximum atomic E-state index is 13.5. The van der Waals surface area contributed by atoms with Crippen LogP contribution in [0.5, 0.6) is 0 Å². The molecule has 2 rings (SSSR count). The molecule has 0 aliphatic carbocycles. The van der Waals surface area contributed by atoms with Gasteiger partial charge in [-0.1, -0.05) is 54.0 Å². The van der Waals surface area contributed by atoms with Gasteiger partial charge in [0.1, 0.15) is 5.82 Å². The van der Waals surface area contributed by atoms with Crippen molar-refractivity contribution < 1.29 is 4.39 Å². The Labute approximate surface area is 134 Å². The summed E-state index contributed by atoms with van der Waals surface area (Å²) < 4.78 is 14.6. The minimum atomic E-state index is -0.169. The van der Waals surface area contributed by atoms with Crippen LogP contribution in [0.15, 0.2) is 53.0 Å². The van der Waals surface area contributed by atoms with Gasteiger partial charge in [-0.25, -0.2) is 4.39 Å². The predicted octanol–water partition coefficient (Wildman–Crippen LogP) is 4.91. The van der Waals surface area contributed by atoms with Gasteiger partial charge in [-0.05, 0) is 41.8 Å². The molecule has 0 fully saturated rings. The van der Waals surface area contributed by atoms with E-state index >= 15 is 0 Å². The van der Waals surface area contributed by atoms with E-state index in [2.05, 4.69) is 47.2 Å². The first kappa shape index (κ1) is 16.2. The van der Waals surface area contributed by atoms with E-state index < -0.39 is 0 Å². The van der Waals surface area contributed by atoms with Crippen LogP contribution in [0.1, 0.15) is 30.9 Å². The smallest absolute Gasteiger partial charge is 0.123 e. The third-order valence-electron chi connectivity index (χ3n) is 3.49. The Morgan fingerprint density at radius 1 is 1.10 bits per heavy atom. The van der Waals surface area contributed by atoms with Crippen LogP contribution in [0.3, 0.4) is 0 Å². The largest absolute Gasteiger partial charge is 0.314 e. The second-order valence-electron chi connectivity index (χ2n) is 5.65. The van der Waals surface area contributed by atoms with Gasteiger partial charge in [-0.15, -0.1) is 0 Å². The van der Waals surface area contributed by atoms with Crippen molar-refractivity contribution in [2.75, 3.05) is 6.54 Å². The average molecular weight is 350 g/mol. The molecule has 1 nitrogen and oxygen atoms in total. The van der Waals surface area contributed by atoms with Gasteiger partial charge in [-0.2, -0.15) is 0 Å². The molecule has 2 aromatic rings. The summed E-state index contributed by atoms with van der Waals surface area (Å²) in [6.45, 7) is 5.10. The van der Waals surface area contributed by atoms with Gasteiger partial charge in [0.25, 0.3) is 0 Å². The van der Waals surface area contributed by atoms with E-state index in [1.54, 1.807) is 12.1 Å². The van der Waals surface area contributed by atoms with Crippen LogP contribution in [0.2, 0.25) is 0 Å². The minimum Gasteiger partial charge on any atom is -0.314 e. The first-order chi connectivity index (χ1) is 10.0. The normalized spacial score (nSPS) is 12.6. The molecule has 0 saturated heterocycles. The van der Waals surface area contributed by atoms with Crippen LogP contribution < -0.4 is 5.32 Å². The molecule has 0 heterocycles. The lowest BCUT2D eigenvalue weighted by Gasteiger charge is -2.20. The lowest BCUT2D eigenvalue weighted by atomic mass is 9.91. The molecule has 1 atom stereocenters. The minimum absolute atomic E-state index is 0.169. The second-order valence-corrected chi connectivity index (χ2v) is 6.56. The molecule has 0 aromatic heterocycles. The van der Waals surface area contributed by atoms with E-state index in [0.29, 0.717) is 6.04 Å². The summed E-state index contributed by atoms with van der Waals surface area (Å²) in [5.74, 6) is 0.0992. The van der Waals surface area contributed by atoms with Crippen LogP contribution >= 0.6 is 15.9 Å². The first-order valence-electron chi connectivity index (χ1n) is 7.28. The molecule has 0 amide bonds. The molecule has 3 heteroatoms. The number of hydrogen-bond donors (Lipinski definition) is 1. The lowest BCUT2D eigenvalue weighted by molar-refractivity contribution is 0.524. The highest BCUT2D eigenvalue weighted by atomic mass is 79.9. The molecule has 112 valence electrons. The summed E-state index contributed by atoms with van der Waals surface area (Å²) >= 11 is 3.45.